The molecule has 33 heavy (non-hydrogen) atoms. The fraction of sp³-hybridized carbons (Fsp3) is 0.481. The van der Waals surface area contributed by atoms with Gasteiger partial charge in [-0.15, -0.1) is 0 Å². The van der Waals surface area contributed by atoms with Crippen LogP contribution in [-0.4, -0.2) is 22.4 Å². The Morgan fingerprint density at radius 2 is 1.97 bits per heavy atom. The van der Waals surface area contributed by atoms with Gasteiger partial charge < -0.3 is 10.5 Å². The van der Waals surface area contributed by atoms with E-state index in [0.717, 1.165) is 41.9 Å². The number of nitrogens with two attached hydrogens (primary N) is 1. The van der Waals surface area contributed by atoms with Gasteiger partial charge in [0.25, 0.3) is 0 Å². The Morgan fingerprint density at radius 3 is 2.67 bits per heavy atom. The van der Waals surface area contributed by atoms with Gasteiger partial charge in [-0.25, -0.2) is 9.79 Å². The van der Waals surface area contributed by atoms with Gasteiger partial charge in [0.1, 0.15) is 11.4 Å². The van der Waals surface area contributed by atoms with Gasteiger partial charge in [-0.3, -0.25) is 4.90 Å². The third kappa shape index (κ3) is 5.19. The maximum atomic E-state index is 13.3. The van der Waals surface area contributed by atoms with Crippen molar-refractivity contribution in [3.8, 4) is 0 Å². The highest BCUT2D eigenvalue weighted by molar-refractivity contribution is 6.30. The Hall–Kier alpha value is -2.53. The van der Waals surface area contributed by atoms with Crippen molar-refractivity contribution < 1.29 is 9.53 Å². The number of hydrogen-bond acceptors (Lipinski definition) is 4. The second-order valence-electron chi connectivity index (χ2n) is 10.2. The smallest absolute Gasteiger partial charge is 0.411 e. The van der Waals surface area contributed by atoms with Crippen LogP contribution in [0.4, 0.5) is 10.5 Å². The molecule has 4 rings (SSSR count). The molecule has 1 heterocycles. The summed E-state index contributed by atoms with van der Waals surface area (Å²) in [6.45, 7) is 8.15. The van der Waals surface area contributed by atoms with Crippen LogP contribution < -0.4 is 5.73 Å². The van der Waals surface area contributed by atoms with Crippen LogP contribution in [0.15, 0.2) is 47.5 Å². The minimum atomic E-state index is -0.589. The molecule has 1 saturated carbocycles. The van der Waals surface area contributed by atoms with Crippen molar-refractivity contribution in [2.24, 2.45) is 16.6 Å². The van der Waals surface area contributed by atoms with Gasteiger partial charge in [0.05, 0.1) is 11.7 Å². The van der Waals surface area contributed by atoms with E-state index in [2.05, 4.69) is 25.1 Å². The Balaban J connectivity index is 1.69. The number of carbonyl (C=O) groups is 1. The molecule has 2 aromatic carbocycles. The molecule has 0 radical (unpaired) electrons. The zero-order valence-corrected chi connectivity index (χ0v) is 20.7. The summed E-state index contributed by atoms with van der Waals surface area (Å²) in [6.07, 6.45) is 3.86. The van der Waals surface area contributed by atoms with Gasteiger partial charge in [0.2, 0.25) is 0 Å². The number of carbonyl (C=O) groups excluding carboxylic acids is 1. The summed E-state index contributed by atoms with van der Waals surface area (Å²) >= 11 is 6.22. The normalized spacial score (nSPS) is 20.5. The average molecular weight is 468 g/mol. The van der Waals surface area contributed by atoms with Crippen molar-refractivity contribution in [2.75, 3.05) is 0 Å². The molecule has 5 nitrogen and oxygen atoms in total. The predicted molar refractivity (Wildman–Crippen MR) is 134 cm³/mol. The lowest BCUT2D eigenvalue weighted by Crippen LogP contribution is -2.39. The lowest BCUT2D eigenvalue weighted by Gasteiger charge is -2.34. The summed E-state index contributed by atoms with van der Waals surface area (Å²) in [4.78, 5) is 19.9. The number of benzene rings is 2. The summed E-state index contributed by atoms with van der Waals surface area (Å²) in [5, 5.41) is 0.648. The van der Waals surface area contributed by atoms with Crippen LogP contribution in [0.1, 0.15) is 82.0 Å². The molecular formula is C27H34ClN3O2. The van der Waals surface area contributed by atoms with Gasteiger partial charge in [-0.1, -0.05) is 49.2 Å². The van der Waals surface area contributed by atoms with Crippen LogP contribution in [0, 0.1) is 5.92 Å². The van der Waals surface area contributed by atoms with E-state index < -0.39 is 5.60 Å². The number of amidine groups is 1. The van der Waals surface area contributed by atoms with E-state index >= 15 is 0 Å². The van der Waals surface area contributed by atoms with Crippen LogP contribution in [0.3, 0.4) is 0 Å². The van der Waals surface area contributed by atoms with E-state index in [-0.39, 0.29) is 12.1 Å². The number of hydrogen-bond donors (Lipinski definition) is 1. The van der Waals surface area contributed by atoms with E-state index in [9.17, 15) is 4.79 Å². The molecule has 3 unspecified atom stereocenters. The van der Waals surface area contributed by atoms with Gasteiger partial charge in [0.15, 0.2) is 0 Å². The molecule has 0 aromatic heterocycles. The molecular weight excluding hydrogens is 434 g/mol. The fourth-order valence-electron chi connectivity index (χ4n) is 5.18. The number of halogens is 1. The van der Waals surface area contributed by atoms with Crippen molar-refractivity contribution in [1.82, 2.24) is 4.90 Å². The first-order valence-corrected chi connectivity index (χ1v) is 12.3. The Labute approximate surface area is 202 Å². The van der Waals surface area contributed by atoms with Crippen LogP contribution >= 0.6 is 11.6 Å². The first-order valence-electron chi connectivity index (χ1n) is 11.9. The molecule has 1 fully saturated rings. The van der Waals surface area contributed by atoms with Gasteiger partial charge in [0, 0.05) is 17.5 Å². The summed E-state index contributed by atoms with van der Waals surface area (Å²) in [5.41, 5.74) is 9.97. The summed E-state index contributed by atoms with van der Waals surface area (Å²) in [5.74, 6) is 1.57. The highest BCUT2D eigenvalue weighted by Gasteiger charge is 2.36. The maximum absolute atomic E-state index is 13.3. The molecule has 1 amide bonds. The van der Waals surface area contributed by atoms with Crippen LogP contribution in [-0.2, 0) is 11.3 Å². The van der Waals surface area contributed by atoms with E-state index in [0.29, 0.717) is 23.4 Å². The van der Waals surface area contributed by atoms with Crippen LogP contribution in [0.5, 0.6) is 0 Å². The van der Waals surface area contributed by atoms with Crippen LogP contribution in [0.2, 0.25) is 5.02 Å². The maximum Gasteiger partial charge on any atom is 0.411 e. The second-order valence-corrected chi connectivity index (χ2v) is 10.6. The van der Waals surface area contributed by atoms with Crippen molar-refractivity contribution >= 4 is 29.2 Å². The summed E-state index contributed by atoms with van der Waals surface area (Å²) in [7, 11) is 0. The minimum absolute atomic E-state index is 0.165. The third-order valence-corrected chi connectivity index (χ3v) is 6.85. The molecule has 2 aromatic rings. The highest BCUT2D eigenvalue weighted by Crippen LogP contribution is 2.47. The molecule has 2 aliphatic rings. The van der Waals surface area contributed by atoms with Gasteiger partial charge in [-0.2, -0.15) is 0 Å². The Kier molecular flexibility index (Phi) is 6.71. The van der Waals surface area contributed by atoms with Crippen molar-refractivity contribution in [1.29, 1.82) is 0 Å². The average Bonchev–Trinajstić information content (AvgIpc) is 3.23. The molecule has 6 heteroatoms. The van der Waals surface area contributed by atoms with Crippen molar-refractivity contribution in [3.05, 3.63) is 64.2 Å². The zero-order chi connectivity index (χ0) is 23.8. The lowest BCUT2D eigenvalue weighted by molar-refractivity contribution is 0.0131. The van der Waals surface area contributed by atoms with E-state index in [4.69, 9.17) is 27.1 Å². The monoisotopic (exact) mass is 467 g/mol. The molecule has 1 aliphatic heterocycles. The van der Waals surface area contributed by atoms with Crippen molar-refractivity contribution in [3.63, 3.8) is 0 Å². The molecule has 0 spiro atoms. The van der Waals surface area contributed by atoms with Gasteiger partial charge >= 0.3 is 6.09 Å². The first-order chi connectivity index (χ1) is 15.7. The van der Waals surface area contributed by atoms with E-state index in [1.165, 1.54) is 12.0 Å². The molecule has 1 aliphatic carbocycles. The Morgan fingerprint density at radius 1 is 1.21 bits per heavy atom. The standard InChI is InChI=1S/C27H34ClN3O2/c1-5-24(18-12-13-21-20-10-7-11-22(20)25(29)30-23(21)15-18)31(26(32)33-27(2,3)4)16-17-8-6-9-19(28)14-17/h6,8-9,12-15,20,22,24H,5,7,10-11,16H2,1-4H3,(H2,29,30). The number of amides is 1. The van der Waals surface area contributed by atoms with E-state index in [1.54, 1.807) is 4.90 Å². The lowest BCUT2D eigenvalue weighted by atomic mass is 9.83. The largest absolute Gasteiger partial charge is 0.444 e. The summed E-state index contributed by atoms with van der Waals surface area (Å²) in [6, 6.07) is 13.9. The molecule has 176 valence electrons. The first kappa shape index (κ1) is 23.6. The zero-order valence-electron chi connectivity index (χ0n) is 20.0. The van der Waals surface area contributed by atoms with Crippen LogP contribution in [0.25, 0.3) is 0 Å². The molecule has 0 bridgehead atoms. The number of rotatable bonds is 5. The molecule has 0 saturated heterocycles. The molecule has 3 atom stereocenters. The SMILES string of the molecule is CCC(c1ccc2c(c1)N=C(N)C1CCCC21)N(Cc1cccc(Cl)c1)C(=O)OC(C)(C)C. The Bertz CT molecular complexity index is 1060. The minimum Gasteiger partial charge on any atom is -0.444 e. The van der Waals surface area contributed by atoms with Gasteiger partial charge in [-0.05, 0) is 80.8 Å². The topological polar surface area (TPSA) is 67.9 Å². The number of aliphatic imine (C=N–C) groups is 1. The number of fused-ring (bicyclic) bond motifs is 3. The fourth-order valence-corrected chi connectivity index (χ4v) is 5.39. The predicted octanol–water partition coefficient (Wildman–Crippen LogP) is 7.11. The summed E-state index contributed by atoms with van der Waals surface area (Å²) < 4.78 is 5.80. The molecule has 2 N–H and O–H groups in total. The highest BCUT2D eigenvalue weighted by atomic mass is 35.5. The number of ether oxygens (including phenoxy) is 1. The van der Waals surface area contributed by atoms with Crippen molar-refractivity contribution in [2.45, 2.75) is 77.5 Å². The van der Waals surface area contributed by atoms with E-state index in [1.807, 2.05) is 45.0 Å². The second kappa shape index (κ2) is 9.38. The quantitative estimate of drug-likeness (QED) is 0.509. The number of nitrogens with zero attached hydrogens (tertiary/aromatic N) is 2. The third-order valence-electron chi connectivity index (χ3n) is 6.62.